The Balaban J connectivity index is 2.61. The molecule has 1 saturated heterocycles. The third-order valence-electron chi connectivity index (χ3n) is 3.38. The fourth-order valence-electron chi connectivity index (χ4n) is 1.70. The maximum Gasteiger partial charge on any atom is 0.228 e. The van der Waals surface area contributed by atoms with Gasteiger partial charge in [-0.2, -0.15) is 0 Å². The highest BCUT2D eigenvalue weighted by atomic mass is 16.5. The van der Waals surface area contributed by atoms with Crippen molar-refractivity contribution in [3.63, 3.8) is 0 Å². The fraction of sp³-hybridized carbons (Fsp3) is 0.909. The van der Waals surface area contributed by atoms with Crippen LogP contribution in [0.5, 0.6) is 0 Å². The Morgan fingerprint density at radius 3 is 2.21 bits per heavy atom. The lowest BCUT2D eigenvalue weighted by molar-refractivity contribution is -0.145. The van der Waals surface area contributed by atoms with E-state index in [0.29, 0.717) is 19.1 Å². The lowest BCUT2D eigenvalue weighted by Crippen LogP contribution is -2.47. The number of morpholine rings is 1. The Labute approximate surface area is 86.4 Å². The molecule has 3 heteroatoms. The molecule has 0 aromatic carbocycles. The predicted molar refractivity (Wildman–Crippen MR) is 56.1 cm³/mol. The van der Waals surface area contributed by atoms with E-state index in [1.54, 1.807) is 0 Å². The van der Waals surface area contributed by atoms with Crippen molar-refractivity contribution in [2.75, 3.05) is 26.3 Å². The number of rotatable bonds is 3. The summed E-state index contributed by atoms with van der Waals surface area (Å²) in [6.07, 6.45) is 1.83. The van der Waals surface area contributed by atoms with Crippen molar-refractivity contribution >= 4 is 5.91 Å². The first-order valence-corrected chi connectivity index (χ1v) is 5.51. The second kappa shape index (κ2) is 4.78. The van der Waals surface area contributed by atoms with Gasteiger partial charge < -0.3 is 9.64 Å². The third kappa shape index (κ3) is 2.27. The monoisotopic (exact) mass is 199 g/mol. The fourth-order valence-corrected chi connectivity index (χ4v) is 1.70. The topological polar surface area (TPSA) is 29.5 Å². The van der Waals surface area contributed by atoms with Crippen LogP contribution < -0.4 is 0 Å². The molecule has 0 aliphatic carbocycles. The van der Waals surface area contributed by atoms with Crippen LogP contribution in [0.1, 0.15) is 33.6 Å². The average Bonchev–Trinajstić information content (AvgIpc) is 2.28. The van der Waals surface area contributed by atoms with E-state index >= 15 is 0 Å². The van der Waals surface area contributed by atoms with E-state index in [2.05, 4.69) is 20.8 Å². The molecule has 0 unspecified atom stereocenters. The van der Waals surface area contributed by atoms with Gasteiger partial charge in [0.15, 0.2) is 0 Å². The zero-order valence-electron chi connectivity index (χ0n) is 9.51. The van der Waals surface area contributed by atoms with Crippen molar-refractivity contribution in [2.24, 2.45) is 5.41 Å². The van der Waals surface area contributed by atoms with Crippen LogP contribution in [0, 0.1) is 5.41 Å². The summed E-state index contributed by atoms with van der Waals surface area (Å²) >= 11 is 0. The van der Waals surface area contributed by atoms with Crippen LogP contribution in [0.15, 0.2) is 0 Å². The molecule has 0 N–H and O–H groups in total. The van der Waals surface area contributed by atoms with E-state index in [9.17, 15) is 4.79 Å². The molecule has 1 aliphatic rings. The summed E-state index contributed by atoms with van der Waals surface area (Å²) in [7, 11) is 0. The van der Waals surface area contributed by atoms with E-state index in [1.807, 2.05) is 4.90 Å². The summed E-state index contributed by atoms with van der Waals surface area (Å²) in [6, 6.07) is 0. The number of ether oxygens (including phenoxy) is 1. The van der Waals surface area contributed by atoms with Crippen molar-refractivity contribution in [1.82, 2.24) is 4.90 Å². The molecule has 1 amide bonds. The Morgan fingerprint density at radius 1 is 1.29 bits per heavy atom. The predicted octanol–water partition coefficient (Wildman–Crippen LogP) is 1.67. The van der Waals surface area contributed by atoms with Gasteiger partial charge in [0.05, 0.1) is 13.2 Å². The van der Waals surface area contributed by atoms with E-state index in [4.69, 9.17) is 4.74 Å². The molecule has 1 fully saturated rings. The third-order valence-corrected chi connectivity index (χ3v) is 3.38. The van der Waals surface area contributed by atoms with Crippen LogP contribution in [-0.4, -0.2) is 37.1 Å². The molecular weight excluding hydrogens is 178 g/mol. The SMILES string of the molecule is CCC(C)(CC)C(=O)N1CCOCC1. The van der Waals surface area contributed by atoms with Gasteiger partial charge in [-0.1, -0.05) is 20.8 Å². The number of nitrogens with zero attached hydrogens (tertiary/aromatic N) is 1. The zero-order valence-corrected chi connectivity index (χ0v) is 9.51. The van der Waals surface area contributed by atoms with Crippen molar-refractivity contribution < 1.29 is 9.53 Å². The van der Waals surface area contributed by atoms with E-state index in [0.717, 1.165) is 25.9 Å². The molecule has 1 aliphatic heterocycles. The van der Waals surface area contributed by atoms with Crippen LogP contribution in [0.3, 0.4) is 0 Å². The minimum Gasteiger partial charge on any atom is -0.378 e. The summed E-state index contributed by atoms with van der Waals surface area (Å²) in [5, 5.41) is 0. The maximum atomic E-state index is 12.2. The summed E-state index contributed by atoms with van der Waals surface area (Å²) < 4.78 is 5.24. The highest BCUT2D eigenvalue weighted by molar-refractivity contribution is 5.82. The molecule has 0 radical (unpaired) electrons. The summed E-state index contributed by atoms with van der Waals surface area (Å²) in [5.74, 6) is 0.297. The average molecular weight is 199 g/mol. The summed E-state index contributed by atoms with van der Waals surface area (Å²) in [4.78, 5) is 14.1. The molecule has 1 heterocycles. The maximum absolute atomic E-state index is 12.2. The first-order chi connectivity index (χ1) is 6.64. The van der Waals surface area contributed by atoms with Crippen LogP contribution in [0.25, 0.3) is 0 Å². The second-order valence-electron chi connectivity index (χ2n) is 4.17. The number of carbonyl (C=O) groups excluding carboxylic acids is 1. The van der Waals surface area contributed by atoms with Gasteiger partial charge in [-0.05, 0) is 12.8 Å². The summed E-state index contributed by atoms with van der Waals surface area (Å²) in [6.45, 7) is 9.13. The van der Waals surface area contributed by atoms with Gasteiger partial charge in [-0.25, -0.2) is 0 Å². The molecule has 0 aromatic heterocycles. The lowest BCUT2D eigenvalue weighted by Gasteiger charge is -2.35. The van der Waals surface area contributed by atoms with Gasteiger partial charge in [0.1, 0.15) is 0 Å². The Kier molecular flexibility index (Phi) is 3.93. The minimum absolute atomic E-state index is 0.169. The number of hydrogen-bond acceptors (Lipinski definition) is 2. The van der Waals surface area contributed by atoms with E-state index in [1.165, 1.54) is 0 Å². The molecule has 82 valence electrons. The molecular formula is C11H21NO2. The molecule has 0 bridgehead atoms. The Morgan fingerprint density at radius 2 is 1.79 bits per heavy atom. The number of amides is 1. The largest absolute Gasteiger partial charge is 0.378 e. The lowest BCUT2D eigenvalue weighted by atomic mass is 9.83. The van der Waals surface area contributed by atoms with Crippen molar-refractivity contribution in [2.45, 2.75) is 33.6 Å². The van der Waals surface area contributed by atoms with Crippen LogP contribution in [0.4, 0.5) is 0 Å². The van der Waals surface area contributed by atoms with E-state index < -0.39 is 0 Å². The zero-order chi connectivity index (χ0) is 10.6. The molecule has 3 nitrogen and oxygen atoms in total. The van der Waals surface area contributed by atoms with Crippen molar-refractivity contribution in [1.29, 1.82) is 0 Å². The molecule has 1 rings (SSSR count). The first-order valence-electron chi connectivity index (χ1n) is 5.51. The van der Waals surface area contributed by atoms with Crippen molar-refractivity contribution in [3.8, 4) is 0 Å². The van der Waals surface area contributed by atoms with Gasteiger partial charge in [-0.3, -0.25) is 4.79 Å². The normalized spacial score (nSPS) is 18.4. The van der Waals surface area contributed by atoms with Crippen molar-refractivity contribution in [3.05, 3.63) is 0 Å². The molecule has 0 saturated carbocycles. The minimum atomic E-state index is -0.169. The number of carbonyl (C=O) groups is 1. The summed E-state index contributed by atoms with van der Waals surface area (Å²) in [5.41, 5.74) is -0.169. The highest BCUT2D eigenvalue weighted by Gasteiger charge is 2.33. The molecule has 0 spiro atoms. The smallest absolute Gasteiger partial charge is 0.228 e. The molecule has 0 atom stereocenters. The Hall–Kier alpha value is -0.570. The van der Waals surface area contributed by atoms with Gasteiger partial charge >= 0.3 is 0 Å². The standard InChI is InChI=1S/C11H21NO2/c1-4-11(3,5-2)10(13)12-6-8-14-9-7-12/h4-9H2,1-3H3. The number of hydrogen-bond donors (Lipinski definition) is 0. The highest BCUT2D eigenvalue weighted by Crippen LogP contribution is 2.28. The van der Waals surface area contributed by atoms with Gasteiger partial charge in [-0.15, -0.1) is 0 Å². The van der Waals surface area contributed by atoms with Crippen LogP contribution >= 0.6 is 0 Å². The second-order valence-corrected chi connectivity index (χ2v) is 4.17. The van der Waals surface area contributed by atoms with Gasteiger partial charge in [0.25, 0.3) is 0 Å². The van der Waals surface area contributed by atoms with Crippen LogP contribution in [-0.2, 0) is 9.53 Å². The van der Waals surface area contributed by atoms with Crippen LogP contribution in [0.2, 0.25) is 0 Å². The first kappa shape index (κ1) is 11.5. The quantitative estimate of drug-likeness (QED) is 0.692. The Bertz CT molecular complexity index is 193. The van der Waals surface area contributed by atoms with E-state index in [-0.39, 0.29) is 5.41 Å². The molecule has 14 heavy (non-hydrogen) atoms. The van der Waals surface area contributed by atoms with Gasteiger partial charge in [0.2, 0.25) is 5.91 Å². The van der Waals surface area contributed by atoms with Gasteiger partial charge in [0, 0.05) is 18.5 Å². The molecule has 0 aromatic rings.